The van der Waals surface area contributed by atoms with Crippen molar-refractivity contribution >= 4 is 42.2 Å². The molecule has 0 radical (unpaired) electrons. The number of esters is 3. The van der Waals surface area contributed by atoms with Gasteiger partial charge in [-0.15, -0.1) is 0 Å². The van der Waals surface area contributed by atoms with E-state index in [-0.39, 0.29) is 19.8 Å². The van der Waals surface area contributed by atoms with E-state index in [0.29, 0.717) is 47.4 Å². The van der Waals surface area contributed by atoms with E-state index >= 15 is 0 Å². The minimum atomic E-state index is -0.451. The molecule has 7 heteroatoms. The molecule has 0 unspecified atom stereocenters. The summed E-state index contributed by atoms with van der Waals surface area (Å²) in [6, 6.07) is 29.0. The Bertz CT molecular complexity index is 1590. The molecule has 0 aliphatic rings. The Labute approximate surface area is 288 Å². The van der Waals surface area contributed by atoms with Crippen LogP contribution in [-0.4, -0.2) is 61.8 Å². The van der Waals surface area contributed by atoms with E-state index in [1.807, 2.05) is 24.3 Å². The van der Waals surface area contributed by atoms with Crippen molar-refractivity contribution in [3.05, 3.63) is 168 Å². The third-order valence-corrected chi connectivity index (χ3v) is 8.28. The second-order valence-electron chi connectivity index (χ2n) is 11.5. The van der Waals surface area contributed by atoms with Gasteiger partial charge in [-0.1, -0.05) is 111 Å². The maximum absolute atomic E-state index is 13.0. The van der Waals surface area contributed by atoms with Gasteiger partial charge in [-0.05, 0) is 58.7 Å². The first-order chi connectivity index (χ1) is 23.8. The number of nitrogens with zero attached hydrogens (tertiary/aromatic N) is 1. The summed E-state index contributed by atoms with van der Waals surface area (Å²) >= 11 is 0. The standard InChI is InChI=1S/C42H42NO6/c1-5-32-9-11-36(12-10-32)31-43(25-28-47-40(44)37-19-13-33(6-2)14-20-37,26-29-48-41(45)38-21-15-34(7-3)16-22-38)27-30-49-42(46)39-23-17-35(8-4)18-24-39/h5-24H,1-4,25-31H2/q+1. The highest BCUT2D eigenvalue weighted by atomic mass is 16.5. The third kappa shape index (κ3) is 10.6. The Morgan fingerprint density at radius 1 is 0.449 bits per heavy atom. The molecular formula is C42H42NO6+. The lowest BCUT2D eigenvalue weighted by atomic mass is 10.1. The van der Waals surface area contributed by atoms with Gasteiger partial charge in [-0.2, -0.15) is 0 Å². The van der Waals surface area contributed by atoms with Gasteiger partial charge in [0, 0.05) is 5.56 Å². The van der Waals surface area contributed by atoms with Gasteiger partial charge >= 0.3 is 17.9 Å². The molecule has 4 rings (SSSR count). The van der Waals surface area contributed by atoms with Gasteiger partial charge < -0.3 is 18.7 Å². The fourth-order valence-corrected chi connectivity index (χ4v) is 5.23. The van der Waals surface area contributed by atoms with Crippen LogP contribution in [0.1, 0.15) is 58.9 Å². The van der Waals surface area contributed by atoms with Crippen LogP contribution in [0, 0.1) is 0 Å². The van der Waals surface area contributed by atoms with Crippen LogP contribution in [0.4, 0.5) is 0 Å². The number of rotatable bonds is 18. The van der Waals surface area contributed by atoms with Crippen molar-refractivity contribution < 1.29 is 33.1 Å². The first-order valence-corrected chi connectivity index (χ1v) is 16.0. The Kier molecular flexibility index (Phi) is 13.2. The van der Waals surface area contributed by atoms with E-state index in [2.05, 4.69) is 26.3 Å². The van der Waals surface area contributed by atoms with Gasteiger partial charge in [0.25, 0.3) is 0 Å². The van der Waals surface area contributed by atoms with E-state index < -0.39 is 17.9 Å². The summed E-state index contributed by atoms with van der Waals surface area (Å²) < 4.78 is 17.5. The second kappa shape index (κ2) is 17.9. The zero-order valence-electron chi connectivity index (χ0n) is 27.7. The monoisotopic (exact) mass is 656 g/mol. The highest BCUT2D eigenvalue weighted by Crippen LogP contribution is 2.19. The van der Waals surface area contributed by atoms with Crippen LogP contribution in [0.3, 0.4) is 0 Å². The largest absolute Gasteiger partial charge is 0.456 e. The van der Waals surface area contributed by atoms with Gasteiger partial charge in [0.2, 0.25) is 0 Å². The number of benzene rings is 4. The number of hydrogen-bond donors (Lipinski definition) is 0. The molecule has 0 aromatic heterocycles. The van der Waals surface area contributed by atoms with Crippen LogP contribution >= 0.6 is 0 Å². The Morgan fingerprint density at radius 2 is 0.714 bits per heavy atom. The summed E-state index contributed by atoms with van der Waals surface area (Å²) in [5.74, 6) is -1.35. The molecule has 0 heterocycles. The Morgan fingerprint density at radius 3 is 0.980 bits per heavy atom. The molecule has 49 heavy (non-hydrogen) atoms. The molecule has 0 atom stereocenters. The number of ether oxygens (including phenoxy) is 3. The average molecular weight is 657 g/mol. The lowest BCUT2D eigenvalue weighted by molar-refractivity contribution is -0.941. The zero-order valence-corrected chi connectivity index (χ0v) is 27.7. The molecule has 0 spiro atoms. The third-order valence-electron chi connectivity index (χ3n) is 8.28. The molecule has 0 aliphatic carbocycles. The average Bonchev–Trinajstić information content (AvgIpc) is 3.15. The van der Waals surface area contributed by atoms with Gasteiger partial charge in [0.1, 0.15) is 46.0 Å². The quantitative estimate of drug-likeness (QED) is 0.0611. The lowest BCUT2D eigenvalue weighted by Crippen LogP contribution is -2.53. The maximum Gasteiger partial charge on any atom is 0.338 e. The molecule has 0 saturated carbocycles. The molecule has 0 amide bonds. The SMILES string of the molecule is C=Cc1ccc(C[N+](CCOC(=O)c2ccc(C=C)cc2)(CCOC(=O)c2ccc(C=C)cc2)CCOC(=O)c2ccc(C=C)cc2)cc1. The lowest BCUT2D eigenvalue weighted by Gasteiger charge is -2.38. The number of hydrogen-bond acceptors (Lipinski definition) is 6. The highest BCUT2D eigenvalue weighted by molar-refractivity contribution is 5.90. The van der Waals surface area contributed by atoms with E-state index in [1.54, 1.807) is 97.1 Å². The zero-order chi connectivity index (χ0) is 35.1. The molecule has 4 aromatic rings. The molecule has 0 fully saturated rings. The summed E-state index contributed by atoms with van der Waals surface area (Å²) in [7, 11) is 0. The molecule has 4 aromatic carbocycles. The summed E-state index contributed by atoms with van der Waals surface area (Å²) in [5.41, 5.74) is 5.96. The number of carbonyl (C=O) groups is 3. The first-order valence-electron chi connectivity index (χ1n) is 16.0. The molecule has 0 N–H and O–H groups in total. The fraction of sp³-hybridized carbons (Fsp3) is 0.167. The summed E-state index contributed by atoms with van der Waals surface area (Å²) in [5, 5.41) is 0. The molecule has 250 valence electrons. The van der Waals surface area contributed by atoms with Crippen LogP contribution in [0.15, 0.2) is 123 Å². The Hall–Kier alpha value is -5.79. The molecular weight excluding hydrogens is 614 g/mol. The smallest absolute Gasteiger partial charge is 0.338 e. The van der Waals surface area contributed by atoms with Gasteiger partial charge in [0.05, 0.1) is 16.7 Å². The minimum absolute atomic E-state index is 0.0840. The van der Waals surface area contributed by atoms with Crippen LogP contribution in [0.25, 0.3) is 24.3 Å². The van der Waals surface area contributed by atoms with Gasteiger partial charge in [0.15, 0.2) is 0 Å². The van der Waals surface area contributed by atoms with Crippen LogP contribution in [0.2, 0.25) is 0 Å². The predicted octanol–water partition coefficient (Wildman–Crippen LogP) is 8.15. The molecule has 0 bridgehead atoms. The van der Waals surface area contributed by atoms with Crippen molar-refractivity contribution in [2.75, 3.05) is 39.5 Å². The summed E-state index contributed by atoms with van der Waals surface area (Å²) in [4.78, 5) is 38.9. The van der Waals surface area contributed by atoms with Crippen LogP contribution in [0.5, 0.6) is 0 Å². The van der Waals surface area contributed by atoms with E-state index in [9.17, 15) is 14.4 Å². The van der Waals surface area contributed by atoms with Crippen molar-refractivity contribution in [2.45, 2.75) is 6.54 Å². The normalized spacial score (nSPS) is 10.8. The molecule has 0 saturated heterocycles. The van der Waals surface area contributed by atoms with Crippen LogP contribution < -0.4 is 0 Å². The predicted molar refractivity (Wildman–Crippen MR) is 196 cm³/mol. The maximum atomic E-state index is 13.0. The summed E-state index contributed by atoms with van der Waals surface area (Å²) in [6.45, 7) is 17.0. The van der Waals surface area contributed by atoms with Crippen molar-refractivity contribution in [2.24, 2.45) is 0 Å². The fourth-order valence-electron chi connectivity index (χ4n) is 5.23. The minimum Gasteiger partial charge on any atom is -0.456 e. The van der Waals surface area contributed by atoms with Crippen molar-refractivity contribution in [1.82, 2.24) is 0 Å². The summed E-state index contributed by atoms with van der Waals surface area (Å²) in [6.07, 6.45) is 6.88. The van der Waals surface area contributed by atoms with Crippen molar-refractivity contribution in [3.8, 4) is 0 Å². The molecule has 7 nitrogen and oxygen atoms in total. The van der Waals surface area contributed by atoms with E-state index in [1.165, 1.54) is 0 Å². The van der Waals surface area contributed by atoms with Crippen molar-refractivity contribution in [3.63, 3.8) is 0 Å². The first kappa shape index (κ1) is 36.1. The van der Waals surface area contributed by atoms with E-state index in [0.717, 1.165) is 27.8 Å². The second-order valence-corrected chi connectivity index (χ2v) is 11.5. The van der Waals surface area contributed by atoms with Crippen molar-refractivity contribution in [1.29, 1.82) is 0 Å². The van der Waals surface area contributed by atoms with Gasteiger partial charge in [-0.3, -0.25) is 0 Å². The van der Waals surface area contributed by atoms with Gasteiger partial charge in [-0.25, -0.2) is 14.4 Å². The number of quaternary nitrogens is 1. The molecule has 0 aliphatic heterocycles. The van der Waals surface area contributed by atoms with E-state index in [4.69, 9.17) is 14.2 Å². The Balaban J connectivity index is 1.54. The number of carbonyl (C=O) groups excluding carboxylic acids is 3. The highest BCUT2D eigenvalue weighted by Gasteiger charge is 2.30. The van der Waals surface area contributed by atoms with Crippen LogP contribution in [-0.2, 0) is 20.8 Å². The topological polar surface area (TPSA) is 78.9 Å².